The summed E-state index contributed by atoms with van der Waals surface area (Å²) in [5.74, 6) is -0.296. The second-order valence-corrected chi connectivity index (χ2v) is 4.94. The molecule has 1 aliphatic rings. The van der Waals surface area contributed by atoms with Crippen molar-refractivity contribution >= 4 is 17.7 Å². The quantitative estimate of drug-likeness (QED) is 0.468. The first kappa shape index (κ1) is 16.3. The predicted molar refractivity (Wildman–Crippen MR) is 75.6 cm³/mol. The van der Waals surface area contributed by atoms with Crippen molar-refractivity contribution in [2.75, 3.05) is 12.3 Å². The summed E-state index contributed by atoms with van der Waals surface area (Å²) in [7, 11) is 0. The van der Waals surface area contributed by atoms with E-state index in [-0.39, 0.29) is 17.2 Å². The molecule has 0 aromatic carbocycles. The number of carbonyl (C=O) groups excluding carboxylic acids is 1. The lowest BCUT2D eigenvalue weighted by Crippen LogP contribution is -2.36. The van der Waals surface area contributed by atoms with Crippen molar-refractivity contribution in [1.29, 1.82) is 0 Å². The van der Waals surface area contributed by atoms with Crippen LogP contribution in [0.3, 0.4) is 0 Å². The van der Waals surface area contributed by atoms with Crippen molar-refractivity contribution in [3.63, 3.8) is 0 Å². The molecule has 2 heterocycles. The van der Waals surface area contributed by atoms with E-state index in [2.05, 4.69) is 4.98 Å². The van der Waals surface area contributed by atoms with E-state index in [1.54, 1.807) is 0 Å². The number of aromatic nitrogens is 2. The van der Waals surface area contributed by atoms with E-state index in [1.165, 1.54) is 25.3 Å². The normalized spacial score (nSPS) is 28.4. The van der Waals surface area contributed by atoms with Crippen molar-refractivity contribution < 1.29 is 24.9 Å². The van der Waals surface area contributed by atoms with Crippen molar-refractivity contribution in [3.8, 4) is 0 Å². The maximum atomic E-state index is 11.9. The Labute approximate surface area is 125 Å². The minimum Gasteiger partial charge on any atom is -0.394 e. The number of allylic oxidation sites excluding steroid dienone is 1. The van der Waals surface area contributed by atoms with E-state index in [0.29, 0.717) is 0 Å². The highest BCUT2D eigenvalue weighted by Gasteiger charge is 2.43. The molecule has 0 bridgehead atoms. The minimum atomic E-state index is -1.41. The number of hydrogen-bond donors (Lipinski definition) is 4. The summed E-state index contributed by atoms with van der Waals surface area (Å²) in [6, 6.07) is 0. The monoisotopic (exact) mass is 311 g/mol. The maximum Gasteiger partial charge on any atom is 0.351 e. The van der Waals surface area contributed by atoms with Gasteiger partial charge < -0.3 is 25.8 Å². The summed E-state index contributed by atoms with van der Waals surface area (Å²) in [4.78, 5) is 26.5. The Bertz CT molecular complexity index is 656. The molecule has 0 amide bonds. The molecule has 1 aliphatic heterocycles. The highest BCUT2D eigenvalue weighted by atomic mass is 16.6. The van der Waals surface area contributed by atoms with Crippen molar-refractivity contribution in [1.82, 2.24) is 9.55 Å². The van der Waals surface area contributed by atoms with Gasteiger partial charge in [0.1, 0.15) is 24.1 Å². The highest BCUT2D eigenvalue weighted by molar-refractivity contribution is 5.92. The number of aliphatic hydroxyl groups excluding tert-OH is 3. The Hall–Kier alpha value is -2.07. The Balaban J connectivity index is 2.41. The third-order valence-electron chi connectivity index (χ3n) is 3.30. The average molecular weight is 311 g/mol. The molecule has 0 radical (unpaired) electrons. The predicted octanol–water partition coefficient (Wildman–Crippen LogP) is -1.96. The van der Waals surface area contributed by atoms with Crippen LogP contribution in [0.1, 0.15) is 18.7 Å². The van der Waals surface area contributed by atoms with E-state index in [0.717, 1.165) is 4.57 Å². The summed E-state index contributed by atoms with van der Waals surface area (Å²) < 4.78 is 6.22. The van der Waals surface area contributed by atoms with E-state index in [9.17, 15) is 19.8 Å². The van der Waals surface area contributed by atoms with Gasteiger partial charge in [0.15, 0.2) is 12.0 Å². The summed E-state index contributed by atoms with van der Waals surface area (Å²) in [5.41, 5.74) is 5.11. The first-order chi connectivity index (χ1) is 10.3. The minimum absolute atomic E-state index is 0.0782. The molecule has 4 atom stereocenters. The van der Waals surface area contributed by atoms with E-state index >= 15 is 0 Å². The van der Waals surface area contributed by atoms with Crippen LogP contribution in [0.5, 0.6) is 0 Å². The zero-order chi connectivity index (χ0) is 16.4. The fraction of sp³-hybridized carbons (Fsp3) is 0.462. The molecule has 1 aromatic heterocycles. The topological polar surface area (TPSA) is 148 Å². The summed E-state index contributed by atoms with van der Waals surface area (Å²) >= 11 is 0. The Morgan fingerprint density at radius 1 is 1.50 bits per heavy atom. The number of nitrogens with two attached hydrogens (primary N) is 1. The first-order valence-electron chi connectivity index (χ1n) is 6.55. The zero-order valence-corrected chi connectivity index (χ0v) is 11.8. The van der Waals surface area contributed by atoms with E-state index in [1.807, 2.05) is 0 Å². The summed E-state index contributed by atoms with van der Waals surface area (Å²) in [6.45, 7) is 0.838. The number of nitrogens with zero attached hydrogens (tertiary/aromatic N) is 2. The maximum absolute atomic E-state index is 11.9. The Morgan fingerprint density at radius 3 is 2.73 bits per heavy atom. The van der Waals surface area contributed by atoms with Crippen LogP contribution in [-0.4, -0.2) is 55.6 Å². The van der Waals surface area contributed by atoms with Gasteiger partial charge in [-0.25, -0.2) is 4.79 Å². The molecule has 1 aromatic rings. The van der Waals surface area contributed by atoms with Gasteiger partial charge in [-0.1, -0.05) is 0 Å². The van der Waals surface area contributed by atoms with Gasteiger partial charge in [-0.05, 0) is 19.1 Å². The lowest BCUT2D eigenvalue weighted by Gasteiger charge is -2.18. The molecular weight excluding hydrogens is 294 g/mol. The molecule has 0 spiro atoms. The van der Waals surface area contributed by atoms with Crippen LogP contribution in [0.2, 0.25) is 0 Å². The number of anilines is 1. The molecule has 0 aliphatic carbocycles. The van der Waals surface area contributed by atoms with Gasteiger partial charge in [-0.15, -0.1) is 0 Å². The number of ketones is 1. The number of rotatable bonds is 4. The lowest BCUT2D eigenvalue weighted by atomic mass is 10.1. The second-order valence-electron chi connectivity index (χ2n) is 4.94. The van der Waals surface area contributed by atoms with Crippen LogP contribution in [0.4, 0.5) is 5.82 Å². The van der Waals surface area contributed by atoms with E-state index < -0.39 is 36.8 Å². The van der Waals surface area contributed by atoms with Crippen LogP contribution in [0, 0.1) is 0 Å². The second kappa shape index (κ2) is 6.36. The van der Waals surface area contributed by atoms with Gasteiger partial charge in [-0.2, -0.15) is 4.98 Å². The molecule has 0 saturated carbocycles. The molecule has 9 heteroatoms. The van der Waals surface area contributed by atoms with Gasteiger partial charge in [0, 0.05) is 11.8 Å². The smallest absolute Gasteiger partial charge is 0.351 e. The highest BCUT2D eigenvalue weighted by Crippen LogP contribution is 2.28. The molecule has 120 valence electrons. The fourth-order valence-electron chi connectivity index (χ4n) is 2.12. The van der Waals surface area contributed by atoms with Crippen LogP contribution < -0.4 is 11.4 Å². The first-order valence-corrected chi connectivity index (χ1v) is 6.55. The Morgan fingerprint density at radius 2 is 2.18 bits per heavy atom. The van der Waals surface area contributed by atoms with Gasteiger partial charge in [0.25, 0.3) is 0 Å². The zero-order valence-electron chi connectivity index (χ0n) is 11.8. The molecule has 1 saturated heterocycles. The van der Waals surface area contributed by atoms with Crippen molar-refractivity contribution in [2.45, 2.75) is 31.5 Å². The van der Waals surface area contributed by atoms with Gasteiger partial charge >= 0.3 is 5.69 Å². The molecule has 9 nitrogen and oxygen atoms in total. The lowest BCUT2D eigenvalue weighted by molar-refractivity contribution is -0.112. The third kappa shape index (κ3) is 3.07. The fourth-order valence-corrected chi connectivity index (χ4v) is 2.12. The van der Waals surface area contributed by atoms with Gasteiger partial charge in [-0.3, -0.25) is 9.36 Å². The van der Waals surface area contributed by atoms with E-state index in [4.69, 9.17) is 15.6 Å². The number of aliphatic hydroxyl groups is 3. The number of nitrogen functional groups attached to an aromatic ring is 1. The summed E-state index contributed by atoms with van der Waals surface area (Å²) in [5, 5.41) is 28.7. The molecule has 2 rings (SSSR count). The largest absolute Gasteiger partial charge is 0.394 e. The average Bonchev–Trinajstić information content (AvgIpc) is 2.74. The molecule has 5 N–H and O–H groups in total. The third-order valence-corrected chi connectivity index (χ3v) is 3.30. The number of carbonyl (C=O) groups is 1. The van der Waals surface area contributed by atoms with Crippen LogP contribution in [0.25, 0.3) is 6.08 Å². The van der Waals surface area contributed by atoms with Crippen LogP contribution >= 0.6 is 0 Å². The molecule has 22 heavy (non-hydrogen) atoms. The van der Waals surface area contributed by atoms with Gasteiger partial charge in [0.05, 0.1) is 6.61 Å². The van der Waals surface area contributed by atoms with Gasteiger partial charge in [0.2, 0.25) is 0 Å². The summed E-state index contributed by atoms with van der Waals surface area (Å²) in [6.07, 6.45) is -1.08. The van der Waals surface area contributed by atoms with Crippen LogP contribution in [0.15, 0.2) is 17.1 Å². The number of ether oxygens (including phenoxy) is 1. The van der Waals surface area contributed by atoms with Crippen LogP contribution in [-0.2, 0) is 9.53 Å². The van der Waals surface area contributed by atoms with Crippen molar-refractivity contribution in [2.24, 2.45) is 0 Å². The molecule has 1 fully saturated rings. The molecule has 0 unspecified atom stereocenters. The van der Waals surface area contributed by atoms with Crippen molar-refractivity contribution in [3.05, 3.63) is 28.3 Å². The standard InChI is InChI=1S/C13H17N3O6/c1-6(18)2-3-7-4-16(13(21)15-11(7)14)12-10(20)9(19)8(5-17)22-12/h2-4,8-10,12,17,19-20H,5H2,1H3,(H2,14,15,21)/t8-,9-,10+,12-/m1/s1. The molecular formula is C13H17N3O6. The SMILES string of the molecule is CC(=O)C=Cc1cn([C@@H]2O[C@H](CO)[C@@H](O)[C@@H]2O)c(=O)nc1N. The Kier molecular flexibility index (Phi) is 4.71. The number of hydrogen-bond acceptors (Lipinski definition) is 8.